The van der Waals surface area contributed by atoms with E-state index in [1.165, 1.54) is 46.5 Å². The molecule has 29 heavy (non-hydrogen) atoms. The molecule has 0 spiro atoms. The summed E-state index contributed by atoms with van der Waals surface area (Å²) in [5.74, 6) is -2.94. The molecule has 2 fully saturated rings. The summed E-state index contributed by atoms with van der Waals surface area (Å²) in [7, 11) is 5.35. The van der Waals surface area contributed by atoms with Crippen molar-refractivity contribution in [2.75, 3.05) is 28.4 Å². The lowest BCUT2D eigenvalue weighted by molar-refractivity contribution is -0.273. The molecule has 6 nitrogen and oxygen atoms in total. The lowest BCUT2D eigenvalue weighted by Crippen LogP contribution is -2.76. The Morgan fingerprint density at radius 3 is 2.28 bits per heavy atom. The van der Waals surface area contributed by atoms with Crippen LogP contribution < -0.4 is 0 Å². The highest BCUT2D eigenvalue weighted by atomic mass is 35.5. The van der Waals surface area contributed by atoms with Crippen LogP contribution in [0.1, 0.15) is 45.4 Å². The van der Waals surface area contributed by atoms with Crippen LogP contribution in [0.3, 0.4) is 0 Å². The molecule has 0 aliphatic heterocycles. The molecule has 0 amide bonds. The van der Waals surface area contributed by atoms with Gasteiger partial charge in [-0.15, -0.1) is 17.3 Å². The molecule has 0 aromatic carbocycles. The standard InChI is InChI=1S/C22H29ClO6/c1-19(12-11-15-9-7-6-8-10-15)14-20(18(25)27-3)13-16(26-2)21(19,23)17(24)22(20,28-4)29-5/h12-13H,6-10,14H2,1-5H3/t19-,20+,21-/m1/s1. The Hall–Kier alpha value is -1.59. The van der Waals surface area contributed by atoms with Crippen LogP contribution in [0.25, 0.3) is 0 Å². The summed E-state index contributed by atoms with van der Waals surface area (Å²) < 4.78 is 21.7. The smallest absolute Gasteiger partial charge is 0.321 e. The molecule has 0 aromatic rings. The van der Waals surface area contributed by atoms with E-state index in [-0.39, 0.29) is 12.2 Å². The van der Waals surface area contributed by atoms with Crippen LogP contribution >= 0.6 is 11.6 Å². The summed E-state index contributed by atoms with van der Waals surface area (Å²) in [5.41, 5.74) is 2.07. The fourth-order valence-corrected chi connectivity index (χ4v) is 5.56. The topological polar surface area (TPSA) is 71.1 Å². The van der Waals surface area contributed by atoms with Crippen molar-refractivity contribution in [2.45, 2.75) is 56.1 Å². The maximum absolute atomic E-state index is 13.8. The van der Waals surface area contributed by atoms with E-state index in [0.29, 0.717) is 0 Å². The first kappa shape index (κ1) is 22.1. The number of fused-ring (bicyclic) bond motifs is 2. The van der Waals surface area contributed by atoms with Gasteiger partial charge in [0.2, 0.25) is 5.78 Å². The number of esters is 1. The molecule has 2 saturated carbocycles. The van der Waals surface area contributed by atoms with Gasteiger partial charge in [-0.05, 0) is 49.8 Å². The highest BCUT2D eigenvalue weighted by molar-refractivity contribution is 6.40. The zero-order valence-electron chi connectivity index (χ0n) is 17.7. The number of carbonyl (C=O) groups excluding carboxylic acids is 2. The van der Waals surface area contributed by atoms with Crippen molar-refractivity contribution in [1.82, 2.24) is 0 Å². The molecule has 0 aromatic heterocycles. The van der Waals surface area contributed by atoms with Crippen molar-refractivity contribution in [2.24, 2.45) is 10.8 Å². The van der Waals surface area contributed by atoms with Crippen LogP contribution in [0, 0.1) is 10.8 Å². The van der Waals surface area contributed by atoms with E-state index in [1.807, 2.05) is 13.0 Å². The summed E-state index contributed by atoms with van der Waals surface area (Å²) >= 11 is 7.06. The number of carbonyl (C=O) groups is 2. The van der Waals surface area contributed by atoms with E-state index in [2.05, 4.69) is 5.73 Å². The van der Waals surface area contributed by atoms with Gasteiger partial charge in [0.15, 0.2) is 10.3 Å². The largest absolute Gasteiger partial charge is 0.499 e. The third-order valence-electron chi connectivity index (χ3n) is 6.75. The SMILES string of the molecule is COC(=O)[C@@]12C=C(OC)[C@@](Cl)(C(=O)C1(OC)OC)[C@](C)(C=C=C1CCCCC1)C2. The maximum atomic E-state index is 13.8. The molecule has 0 heterocycles. The third-order valence-corrected chi connectivity index (χ3v) is 7.54. The second-order valence-electron chi connectivity index (χ2n) is 8.24. The maximum Gasteiger partial charge on any atom is 0.321 e. The number of Topliss-reactive ketones (excluding diaryl/α,β-unsaturated/α-hetero) is 1. The molecule has 0 N–H and O–H groups in total. The fraction of sp³-hybridized carbons (Fsp3) is 0.682. The van der Waals surface area contributed by atoms with Crippen molar-refractivity contribution in [3.63, 3.8) is 0 Å². The van der Waals surface area contributed by atoms with Crippen molar-refractivity contribution >= 4 is 23.4 Å². The Kier molecular flexibility index (Phi) is 5.78. The van der Waals surface area contributed by atoms with Gasteiger partial charge in [0.05, 0.1) is 14.2 Å². The number of hydrogen-bond donors (Lipinski definition) is 0. The molecule has 4 aliphatic carbocycles. The second-order valence-corrected chi connectivity index (χ2v) is 8.80. The van der Waals surface area contributed by atoms with Crippen molar-refractivity contribution in [3.8, 4) is 0 Å². The van der Waals surface area contributed by atoms with Gasteiger partial charge < -0.3 is 18.9 Å². The molecular formula is C22H29ClO6. The second kappa shape index (κ2) is 7.59. The number of hydrogen-bond acceptors (Lipinski definition) is 6. The van der Waals surface area contributed by atoms with Crippen molar-refractivity contribution in [3.05, 3.63) is 29.2 Å². The van der Waals surface area contributed by atoms with E-state index in [1.54, 1.807) is 0 Å². The molecule has 0 saturated heterocycles. The van der Waals surface area contributed by atoms with Crippen LogP contribution in [0.4, 0.5) is 0 Å². The number of alkyl halides is 1. The van der Waals surface area contributed by atoms with E-state index in [9.17, 15) is 9.59 Å². The average Bonchev–Trinajstić information content (AvgIpc) is 2.75. The molecule has 4 rings (SSSR count). The van der Waals surface area contributed by atoms with Crippen molar-refractivity contribution in [1.29, 1.82) is 0 Å². The lowest BCUT2D eigenvalue weighted by Gasteiger charge is -2.61. The summed E-state index contributed by atoms with van der Waals surface area (Å²) in [5, 5.41) is 0. The van der Waals surface area contributed by atoms with E-state index in [0.717, 1.165) is 25.7 Å². The Bertz CT molecular complexity index is 798. The summed E-state index contributed by atoms with van der Waals surface area (Å²) in [6.45, 7) is 1.84. The van der Waals surface area contributed by atoms with Crippen LogP contribution in [0.15, 0.2) is 29.2 Å². The molecule has 0 radical (unpaired) electrons. The number of allylic oxidation sites excluding steroid dienone is 2. The molecule has 0 unspecified atom stereocenters. The Labute approximate surface area is 176 Å². The highest BCUT2D eigenvalue weighted by Crippen LogP contribution is 2.66. The van der Waals surface area contributed by atoms with Gasteiger partial charge in [0, 0.05) is 19.6 Å². The Balaban J connectivity index is 2.27. The molecule has 160 valence electrons. The molecule has 7 heteroatoms. The summed E-state index contributed by atoms with van der Waals surface area (Å²) in [6, 6.07) is 0. The summed E-state index contributed by atoms with van der Waals surface area (Å²) in [6.07, 6.45) is 8.94. The first-order valence-corrected chi connectivity index (χ1v) is 10.2. The lowest BCUT2D eigenvalue weighted by atomic mass is 9.49. The average molecular weight is 425 g/mol. The van der Waals surface area contributed by atoms with Crippen molar-refractivity contribution < 1.29 is 28.5 Å². The van der Waals surface area contributed by atoms with Gasteiger partial charge in [0.1, 0.15) is 5.76 Å². The van der Waals surface area contributed by atoms with Crippen LogP contribution in [0.2, 0.25) is 0 Å². The molecule has 4 aliphatic rings. The number of rotatable bonds is 5. The quantitative estimate of drug-likeness (QED) is 0.290. The Morgan fingerprint density at radius 2 is 1.76 bits per heavy atom. The number of methoxy groups -OCH3 is 4. The minimum atomic E-state index is -1.91. The normalized spacial score (nSPS) is 35.6. The minimum Gasteiger partial charge on any atom is -0.499 e. The number of halogens is 1. The van der Waals surface area contributed by atoms with Crippen LogP contribution in [-0.2, 0) is 28.5 Å². The third kappa shape index (κ3) is 2.77. The van der Waals surface area contributed by atoms with Gasteiger partial charge in [-0.2, -0.15) is 0 Å². The van der Waals surface area contributed by atoms with E-state index < -0.39 is 33.2 Å². The van der Waals surface area contributed by atoms with E-state index in [4.69, 9.17) is 30.5 Å². The molecular weight excluding hydrogens is 396 g/mol. The van der Waals surface area contributed by atoms with Crippen LogP contribution in [0.5, 0.6) is 0 Å². The van der Waals surface area contributed by atoms with Gasteiger partial charge in [-0.1, -0.05) is 13.3 Å². The molecule has 2 bridgehead atoms. The first-order valence-electron chi connectivity index (χ1n) is 9.87. The predicted octanol–water partition coefficient (Wildman–Crippen LogP) is 3.68. The van der Waals surface area contributed by atoms with Gasteiger partial charge in [-0.25, -0.2) is 0 Å². The van der Waals surface area contributed by atoms with E-state index >= 15 is 0 Å². The number of ketones is 1. The highest BCUT2D eigenvalue weighted by Gasteiger charge is 2.80. The Morgan fingerprint density at radius 1 is 1.14 bits per heavy atom. The van der Waals surface area contributed by atoms with Gasteiger partial charge >= 0.3 is 5.97 Å². The minimum absolute atomic E-state index is 0.150. The number of ether oxygens (including phenoxy) is 4. The monoisotopic (exact) mass is 424 g/mol. The molecule has 3 atom stereocenters. The fourth-order valence-electron chi connectivity index (χ4n) is 5.18. The first-order chi connectivity index (χ1) is 13.7. The zero-order chi connectivity index (χ0) is 21.5. The summed E-state index contributed by atoms with van der Waals surface area (Å²) in [4.78, 5) is 25.2. The van der Waals surface area contributed by atoms with Gasteiger partial charge in [-0.3, -0.25) is 9.59 Å². The zero-order valence-corrected chi connectivity index (χ0v) is 18.5. The van der Waals surface area contributed by atoms with Crippen LogP contribution in [-0.4, -0.2) is 50.9 Å². The predicted molar refractivity (Wildman–Crippen MR) is 107 cm³/mol. The van der Waals surface area contributed by atoms with Gasteiger partial charge in [0.25, 0.3) is 5.79 Å².